The van der Waals surface area contributed by atoms with Gasteiger partial charge in [-0.05, 0) is 56.4 Å². The van der Waals surface area contributed by atoms with Crippen molar-refractivity contribution in [3.05, 3.63) is 59.3 Å². The molecule has 0 spiro atoms. The largest absolute Gasteiger partial charge is 0.481 e. The van der Waals surface area contributed by atoms with E-state index in [1.165, 1.54) is 6.07 Å². The first-order valence-electron chi connectivity index (χ1n) is 12.3. The molecule has 200 valence electrons. The van der Waals surface area contributed by atoms with Crippen LogP contribution in [0.15, 0.2) is 42.6 Å². The summed E-state index contributed by atoms with van der Waals surface area (Å²) in [5, 5.41) is 17.1. The van der Waals surface area contributed by atoms with Gasteiger partial charge in [-0.1, -0.05) is 6.07 Å². The van der Waals surface area contributed by atoms with E-state index in [9.17, 15) is 27.9 Å². The van der Waals surface area contributed by atoms with Crippen molar-refractivity contribution in [3.63, 3.8) is 0 Å². The van der Waals surface area contributed by atoms with E-state index in [4.69, 9.17) is 4.74 Å². The van der Waals surface area contributed by atoms with Crippen LogP contribution in [0.25, 0.3) is 0 Å². The van der Waals surface area contributed by atoms with Gasteiger partial charge < -0.3 is 25.4 Å². The van der Waals surface area contributed by atoms with Gasteiger partial charge in [-0.2, -0.15) is 13.2 Å². The molecule has 1 saturated carbocycles. The summed E-state index contributed by atoms with van der Waals surface area (Å²) in [4.78, 5) is 30.7. The lowest BCUT2D eigenvalue weighted by Gasteiger charge is -2.37. The number of nitrogens with zero attached hydrogens (tertiary/aromatic N) is 2. The number of nitrogens with one attached hydrogen (secondary N) is 2. The molecule has 2 aromatic rings. The second kappa shape index (κ2) is 11.1. The van der Waals surface area contributed by atoms with Crippen molar-refractivity contribution in [2.45, 2.75) is 56.0 Å². The zero-order valence-corrected chi connectivity index (χ0v) is 20.6. The second-order valence-electron chi connectivity index (χ2n) is 9.65. The molecule has 0 bridgehead atoms. The fraction of sp³-hybridized carbons (Fsp3) is 0.500. The third-order valence-corrected chi connectivity index (χ3v) is 7.16. The molecule has 2 amide bonds. The van der Waals surface area contributed by atoms with E-state index in [-0.39, 0.29) is 30.1 Å². The quantitative estimate of drug-likeness (QED) is 0.519. The first kappa shape index (κ1) is 26.9. The maximum atomic E-state index is 12.9. The number of methoxy groups -OCH3 is 1. The Balaban J connectivity index is 1.21. The van der Waals surface area contributed by atoms with E-state index in [1.54, 1.807) is 24.3 Å². The number of carbonyl (C=O) groups is 2. The van der Waals surface area contributed by atoms with E-state index in [0.717, 1.165) is 43.0 Å². The molecule has 1 unspecified atom stereocenters. The number of ether oxygens (including phenoxy) is 1. The molecule has 1 saturated heterocycles. The molecule has 4 rings (SSSR count). The standard InChI is InChI=1S/C26H31F3N4O4/c1-37-22-6-5-19(14-30-22)25(36)10-7-20(8-11-25)32-21-9-12-33(16-21)23(34)15-31-24(35)17-3-2-4-18(13-17)26(27,28)29/h2-6,13-14,20-21,32,36H,7-12,15-16H2,1H3,(H,31,35). The third kappa shape index (κ3) is 6.58. The molecule has 1 aliphatic heterocycles. The normalized spacial score (nSPS) is 24.1. The van der Waals surface area contributed by atoms with Gasteiger partial charge in [-0.25, -0.2) is 4.98 Å². The Hall–Kier alpha value is -3.18. The van der Waals surface area contributed by atoms with Crippen molar-refractivity contribution in [1.29, 1.82) is 0 Å². The minimum absolute atomic E-state index is 0.0990. The van der Waals surface area contributed by atoms with E-state index in [2.05, 4.69) is 15.6 Å². The first-order valence-corrected chi connectivity index (χ1v) is 12.3. The predicted molar refractivity (Wildman–Crippen MR) is 129 cm³/mol. The summed E-state index contributed by atoms with van der Waals surface area (Å²) in [7, 11) is 1.54. The topological polar surface area (TPSA) is 104 Å². The van der Waals surface area contributed by atoms with Crippen molar-refractivity contribution in [3.8, 4) is 5.88 Å². The smallest absolute Gasteiger partial charge is 0.416 e. The highest BCUT2D eigenvalue weighted by Crippen LogP contribution is 2.37. The summed E-state index contributed by atoms with van der Waals surface area (Å²) < 4.78 is 43.7. The molecule has 3 N–H and O–H groups in total. The number of halogens is 3. The van der Waals surface area contributed by atoms with Gasteiger partial charge in [0.1, 0.15) is 0 Å². The highest BCUT2D eigenvalue weighted by atomic mass is 19.4. The van der Waals surface area contributed by atoms with Gasteiger partial charge >= 0.3 is 6.18 Å². The van der Waals surface area contributed by atoms with Gasteiger partial charge in [0, 0.05) is 48.6 Å². The average molecular weight is 521 g/mol. The van der Waals surface area contributed by atoms with E-state index >= 15 is 0 Å². The highest BCUT2D eigenvalue weighted by Gasteiger charge is 2.37. The summed E-state index contributed by atoms with van der Waals surface area (Å²) in [6.45, 7) is 0.736. The predicted octanol–water partition coefficient (Wildman–Crippen LogP) is 2.86. The minimum atomic E-state index is -4.55. The monoisotopic (exact) mass is 520 g/mol. The Morgan fingerprint density at radius 3 is 2.57 bits per heavy atom. The molecule has 2 fully saturated rings. The molecular formula is C26H31F3N4O4. The van der Waals surface area contributed by atoms with Crippen molar-refractivity contribution in [1.82, 2.24) is 20.5 Å². The number of pyridine rings is 1. The molecule has 0 radical (unpaired) electrons. The van der Waals surface area contributed by atoms with Crippen LogP contribution in [0.5, 0.6) is 5.88 Å². The van der Waals surface area contributed by atoms with Gasteiger partial charge in [-0.3, -0.25) is 9.59 Å². The number of likely N-dealkylation sites (tertiary alicyclic amines) is 1. The van der Waals surface area contributed by atoms with Crippen molar-refractivity contribution >= 4 is 11.8 Å². The number of rotatable bonds is 7. The lowest BCUT2D eigenvalue weighted by Crippen LogP contribution is -2.46. The number of benzene rings is 1. The number of alkyl halides is 3. The summed E-state index contributed by atoms with van der Waals surface area (Å²) in [6, 6.07) is 8.00. The van der Waals surface area contributed by atoms with Crippen LogP contribution < -0.4 is 15.4 Å². The fourth-order valence-corrected chi connectivity index (χ4v) is 4.99. The minimum Gasteiger partial charge on any atom is -0.481 e. The van der Waals surface area contributed by atoms with Crippen LogP contribution in [0, 0.1) is 0 Å². The van der Waals surface area contributed by atoms with Crippen molar-refractivity contribution < 1.29 is 32.6 Å². The van der Waals surface area contributed by atoms with Crippen LogP contribution in [-0.2, 0) is 16.6 Å². The van der Waals surface area contributed by atoms with Crippen LogP contribution in [0.3, 0.4) is 0 Å². The molecule has 1 aromatic heterocycles. The van der Waals surface area contributed by atoms with Crippen LogP contribution in [0.4, 0.5) is 13.2 Å². The van der Waals surface area contributed by atoms with Gasteiger partial charge in [0.25, 0.3) is 5.91 Å². The zero-order valence-electron chi connectivity index (χ0n) is 20.6. The number of hydrogen-bond acceptors (Lipinski definition) is 6. The average Bonchev–Trinajstić information content (AvgIpc) is 3.37. The molecule has 37 heavy (non-hydrogen) atoms. The molecule has 11 heteroatoms. The van der Waals surface area contributed by atoms with E-state index in [1.807, 2.05) is 6.07 Å². The fourth-order valence-electron chi connectivity index (χ4n) is 4.99. The molecular weight excluding hydrogens is 489 g/mol. The van der Waals surface area contributed by atoms with E-state index in [0.29, 0.717) is 31.8 Å². The molecule has 1 aromatic carbocycles. The number of carbonyl (C=O) groups excluding carboxylic acids is 2. The number of aromatic nitrogens is 1. The Kier molecular flexibility index (Phi) is 8.03. The van der Waals surface area contributed by atoms with Gasteiger partial charge in [0.15, 0.2) is 0 Å². The lowest BCUT2D eigenvalue weighted by atomic mass is 9.78. The zero-order chi connectivity index (χ0) is 26.6. The Morgan fingerprint density at radius 2 is 1.92 bits per heavy atom. The van der Waals surface area contributed by atoms with Crippen LogP contribution in [-0.4, -0.2) is 65.6 Å². The van der Waals surface area contributed by atoms with Crippen LogP contribution in [0.2, 0.25) is 0 Å². The Morgan fingerprint density at radius 1 is 1.16 bits per heavy atom. The molecule has 1 atom stereocenters. The lowest BCUT2D eigenvalue weighted by molar-refractivity contribution is -0.137. The number of hydrogen-bond donors (Lipinski definition) is 3. The van der Waals surface area contributed by atoms with Gasteiger partial charge in [-0.15, -0.1) is 0 Å². The van der Waals surface area contributed by atoms with Crippen LogP contribution in [0.1, 0.15) is 53.6 Å². The van der Waals surface area contributed by atoms with Gasteiger partial charge in [0.2, 0.25) is 11.8 Å². The summed E-state index contributed by atoms with van der Waals surface area (Å²) in [5.41, 5.74) is -1.21. The van der Waals surface area contributed by atoms with E-state index < -0.39 is 23.2 Å². The molecule has 1 aliphatic carbocycles. The summed E-state index contributed by atoms with van der Waals surface area (Å²) in [6.07, 6.45) is 0.605. The van der Waals surface area contributed by atoms with Crippen molar-refractivity contribution in [2.24, 2.45) is 0 Å². The van der Waals surface area contributed by atoms with Crippen molar-refractivity contribution in [2.75, 3.05) is 26.7 Å². The number of aliphatic hydroxyl groups is 1. The second-order valence-corrected chi connectivity index (χ2v) is 9.65. The summed E-state index contributed by atoms with van der Waals surface area (Å²) >= 11 is 0. The SMILES string of the molecule is COc1ccc(C2(O)CCC(NC3CCN(C(=O)CNC(=O)c4cccc(C(F)(F)F)c4)C3)CC2)cn1. The highest BCUT2D eigenvalue weighted by molar-refractivity contribution is 5.96. The maximum Gasteiger partial charge on any atom is 0.416 e. The maximum absolute atomic E-state index is 12.9. The number of amides is 2. The Labute approximate surface area is 213 Å². The molecule has 2 heterocycles. The first-order chi connectivity index (χ1) is 17.6. The third-order valence-electron chi connectivity index (χ3n) is 7.16. The van der Waals surface area contributed by atoms with Crippen LogP contribution >= 0.6 is 0 Å². The summed E-state index contributed by atoms with van der Waals surface area (Å²) in [5.74, 6) is -0.511. The molecule has 2 aliphatic rings. The van der Waals surface area contributed by atoms with Gasteiger partial charge in [0.05, 0.1) is 24.8 Å². The molecule has 8 nitrogen and oxygen atoms in total. The Bertz CT molecular complexity index is 1100.